The molecule has 1 aliphatic carbocycles. The highest BCUT2D eigenvalue weighted by molar-refractivity contribution is 4.93. The van der Waals surface area contributed by atoms with Gasteiger partial charge in [0.15, 0.2) is 0 Å². The molecule has 1 rings (SSSR count). The van der Waals surface area contributed by atoms with Gasteiger partial charge < -0.3 is 4.74 Å². The van der Waals surface area contributed by atoms with Crippen molar-refractivity contribution in [3.05, 3.63) is 0 Å². The standard InChI is InChI=1S/C17H31NO/c1-4-7-8-15(6-3)13-19-17-11-14(5-2)9-10-16(17)12-18/h14-17H,4-11,13H2,1-3H3. The topological polar surface area (TPSA) is 33.0 Å². The first-order valence-corrected chi connectivity index (χ1v) is 8.26. The summed E-state index contributed by atoms with van der Waals surface area (Å²) in [5, 5.41) is 9.25. The fraction of sp³-hybridized carbons (Fsp3) is 0.941. The van der Waals surface area contributed by atoms with Gasteiger partial charge in [-0.3, -0.25) is 0 Å². The Balaban J connectivity index is 2.40. The summed E-state index contributed by atoms with van der Waals surface area (Å²) >= 11 is 0. The molecular weight excluding hydrogens is 234 g/mol. The Hall–Kier alpha value is -0.550. The zero-order valence-corrected chi connectivity index (χ0v) is 13.0. The van der Waals surface area contributed by atoms with Crippen molar-refractivity contribution < 1.29 is 4.74 Å². The molecule has 0 spiro atoms. The van der Waals surface area contributed by atoms with Crippen LogP contribution in [0.3, 0.4) is 0 Å². The van der Waals surface area contributed by atoms with Gasteiger partial charge in [-0.25, -0.2) is 0 Å². The van der Waals surface area contributed by atoms with E-state index in [1.54, 1.807) is 0 Å². The molecule has 1 aliphatic rings. The third kappa shape index (κ3) is 5.53. The molecule has 4 atom stereocenters. The molecule has 4 unspecified atom stereocenters. The lowest BCUT2D eigenvalue weighted by Gasteiger charge is -2.33. The molecule has 0 amide bonds. The van der Waals surface area contributed by atoms with Crippen LogP contribution in [0.15, 0.2) is 0 Å². The normalized spacial score (nSPS) is 28.8. The molecule has 2 heteroatoms. The summed E-state index contributed by atoms with van der Waals surface area (Å²) in [4.78, 5) is 0. The average Bonchev–Trinajstić information content (AvgIpc) is 2.47. The van der Waals surface area contributed by atoms with Gasteiger partial charge in [0.1, 0.15) is 0 Å². The van der Waals surface area contributed by atoms with Gasteiger partial charge in [-0.15, -0.1) is 0 Å². The van der Waals surface area contributed by atoms with E-state index in [4.69, 9.17) is 4.74 Å². The summed E-state index contributed by atoms with van der Waals surface area (Å²) < 4.78 is 6.15. The molecular formula is C17H31NO. The molecule has 0 N–H and O–H groups in total. The highest BCUT2D eigenvalue weighted by Gasteiger charge is 2.30. The van der Waals surface area contributed by atoms with Crippen LogP contribution >= 0.6 is 0 Å². The summed E-state index contributed by atoms with van der Waals surface area (Å²) in [6, 6.07) is 2.46. The van der Waals surface area contributed by atoms with Crippen LogP contribution in [-0.4, -0.2) is 12.7 Å². The monoisotopic (exact) mass is 265 g/mol. The second kappa shape index (κ2) is 9.37. The minimum atomic E-state index is 0.131. The van der Waals surface area contributed by atoms with Gasteiger partial charge in [0.25, 0.3) is 0 Å². The molecule has 0 aromatic rings. The van der Waals surface area contributed by atoms with Crippen molar-refractivity contribution in [3.8, 4) is 6.07 Å². The zero-order chi connectivity index (χ0) is 14.1. The van der Waals surface area contributed by atoms with Crippen molar-refractivity contribution in [2.75, 3.05) is 6.61 Å². The first-order valence-electron chi connectivity index (χ1n) is 8.26. The maximum absolute atomic E-state index is 9.25. The van der Waals surface area contributed by atoms with Gasteiger partial charge in [0.05, 0.1) is 18.1 Å². The summed E-state index contributed by atoms with van der Waals surface area (Å²) in [6.45, 7) is 7.60. The zero-order valence-electron chi connectivity index (χ0n) is 13.0. The largest absolute Gasteiger partial charge is 0.377 e. The predicted molar refractivity (Wildman–Crippen MR) is 79.8 cm³/mol. The molecule has 0 saturated heterocycles. The van der Waals surface area contributed by atoms with Crippen molar-refractivity contribution in [1.29, 1.82) is 5.26 Å². The number of nitriles is 1. The molecule has 0 radical (unpaired) electrons. The summed E-state index contributed by atoms with van der Waals surface area (Å²) in [5.74, 6) is 1.58. The summed E-state index contributed by atoms with van der Waals surface area (Å²) in [6.07, 6.45) is 9.79. The fourth-order valence-electron chi connectivity index (χ4n) is 3.07. The average molecular weight is 265 g/mol. The molecule has 1 saturated carbocycles. The number of ether oxygens (including phenoxy) is 1. The molecule has 110 valence electrons. The molecule has 0 aliphatic heterocycles. The van der Waals surface area contributed by atoms with Crippen LogP contribution in [0.4, 0.5) is 0 Å². The fourth-order valence-corrected chi connectivity index (χ4v) is 3.07. The third-order valence-corrected chi connectivity index (χ3v) is 4.73. The third-order valence-electron chi connectivity index (χ3n) is 4.73. The molecule has 2 nitrogen and oxygen atoms in total. The Labute approximate surface area is 119 Å². The van der Waals surface area contributed by atoms with Gasteiger partial charge in [0.2, 0.25) is 0 Å². The maximum Gasteiger partial charge on any atom is 0.0735 e. The van der Waals surface area contributed by atoms with Gasteiger partial charge in [-0.05, 0) is 37.5 Å². The highest BCUT2D eigenvalue weighted by atomic mass is 16.5. The first-order chi connectivity index (χ1) is 9.24. The number of hydrogen-bond acceptors (Lipinski definition) is 2. The van der Waals surface area contributed by atoms with E-state index in [0.29, 0.717) is 5.92 Å². The van der Waals surface area contributed by atoms with Crippen LogP contribution in [0, 0.1) is 29.1 Å². The van der Waals surface area contributed by atoms with Crippen molar-refractivity contribution in [1.82, 2.24) is 0 Å². The van der Waals surface area contributed by atoms with Crippen LogP contribution in [0.25, 0.3) is 0 Å². The lowest BCUT2D eigenvalue weighted by molar-refractivity contribution is -0.0278. The van der Waals surface area contributed by atoms with E-state index in [2.05, 4.69) is 26.8 Å². The van der Waals surface area contributed by atoms with Crippen molar-refractivity contribution in [2.45, 2.75) is 78.2 Å². The molecule has 0 aromatic heterocycles. The van der Waals surface area contributed by atoms with E-state index in [-0.39, 0.29) is 12.0 Å². The Morgan fingerprint density at radius 3 is 2.63 bits per heavy atom. The van der Waals surface area contributed by atoms with Crippen LogP contribution in [0.5, 0.6) is 0 Å². The molecule has 0 bridgehead atoms. The Morgan fingerprint density at radius 1 is 1.26 bits per heavy atom. The van der Waals surface area contributed by atoms with Gasteiger partial charge in [0, 0.05) is 6.61 Å². The molecule has 0 aromatic carbocycles. The minimum absolute atomic E-state index is 0.131. The number of rotatable bonds is 8. The van der Waals surface area contributed by atoms with Crippen LogP contribution < -0.4 is 0 Å². The number of nitrogens with zero attached hydrogens (tertiary/aromatic N) is 1. The number of unbranched alkanes of at least 4 members (excludes halogenated alkanes) is 1. The Morgan fingerprint density at radius 2 is 2.05 bits per heavy atom. The number of hydrogen-bond donors (Lipinski definition) is 0. The summed E-state index contributed by atoms with van der Waals surface area (Å²) in [7, 11) is 0. The second-order valence-electron chi connectivity index (χ2n) is 6.11. The van der Waals surface area contributed by atoms with E-state index in [1.165, 1.54) is 38.5 Å². The minimum Gasteiger partial charge on any atom is -0.377 e. The Kier molecular flexibility index (Phi) is 8.14. The Bertz CT molecular complexity index is 271. The van der Waals surface area contributed by atoms with Crippen LogP contribution in [-0.2, 0) is 4.74 Å². The van der Waals surface area contributed by atoms with E-state index < -0.39 is 0 Å². The van der Waals surface area contributed by atoms with Crippen LogP contribution in [0.2, 0.25) is 0 Å². The predicted octanol–water partition coefficient (Wildman–Crippen LogP) is 4.94. The van der Waals surface area contributed by atoms with Crippen molar-refractivity contribution >= 4 is 0 Å². The molecule has 0 heterocycles. The lowest BCUT2D eigenvalue weighted by Crippen LogP contribution is -2.32. The quantitative estimate of drug-likeness (QED) is 0.623. The van der Waals surface area contributed by atoms with Gasteiger partial charge in [-0.1, -0.05) is 46.5 Å². The van der Waals surface area contributed by atoms with Gasteiger partial charge >= 0.3 is 0 Å². The van der Waals surface area contributed by atoms with Crippen LogP contribution in [0.1, 0.15) is 72.1 Å². The van der Waals surface area contributed by atoms with E-state index in [9.17, 15) is 5.26 Å². The van der Waals surface area contributed by atoms with Gasteiger partial charge in [-0.2, -0.15) is 5.26 Å². The van der Waals surface area contributed by atoms with E-state index in [0.717, 1.165) is 25.4 Å². The van der Waals surface area contributed by atoms with E-state index in [1.807, 2.05) is 0 Å². The smallest absolute Gasteiger partial charge is 0.0735 e. The summed E-state index contributed by atoms with van der Waals surface area (Å²) in [5.41, 5.74) is 0. The van der Waals surface area contributed by atoms with Crippen molar-refractivity contribution in [3.63, 3.8) is 0 Å². The van der Waals surface area contributed by atoms with Crippen molar-refractivity contribution in [2.24, 2.45) is 17.8 Å². The first kappa shape index (κ1) is 16.5. The molecule has 19 heavy (non-hydrogen) atoms. The second-order valence-corrected chi connectivity index (χ2v) is 6.11. The van der Waals surface area contributed by atoms with E-state index >= 15 is 0 Å². The molecule has 1 fully saturated rings. The highest BCUT2D eigenvalue weighted by Crippen LogP contribution is 2.33. The lowest BCUT2D eigenvalue weighted by atomic mass is 9.79. The SMILES string of the molecule is CCCCC(CC)COC1CC(CC)CCC1C#N. The maximum atomic E-state index is 9.25.